The van der Waals surface area contributed by atoms with Crippen LogP contribution < -0.4 is 21.1 Å². The third kappa shape index (κ3) is 6.92. The summed E-state index contributed by atoms with van der Waals surface area (Å²) in [6, 6.07) is 8.00. The summed E-state index contributed by atoms with van der Waals surface area (Å²) in [5.74, 6) is 2.07. The van der Waals surface area contributed by atoms with Gasteiger partial charge in [-0.3, -0.25) is 9.67 Å². The molecule has 148 valence electrons. The molecule has 1 aromatic carbocycles. The Labute approximate surface area is 160 Å². The summed E-state index contributed by atoms with van der Waals surface area (Å²) in [4.78, 5) is 4.33. The van der Waals surface area contributed by atoms with Gasteiger partial charge in [-0.2, -0.15) is 5.10 Å². The van der Waals surface area contributed by atoms with Gasteiger partial charge in [0.05, 0.1) is 13.3 Å². The number of anilines is 1. The van der Waals surface area contributed by atoms with Gasteiger partial charge in [0.15, 0.2) is 5.96 Å². The molecule has 27 heavy (non-hydrogen) atoms. The number of hydrogen-bond acceptors (Lipinski definition) is 5. The zero-order valence-electron chi connectivity index (χ0n) is 16.4. The van der Waals surface area contributed by atoms with Crippen LogP contribution in [0.2, 0.25) is 0 Å². The molecule has 2 rings (SSSR count). The average Bonchev–Trinajstić information content (AvgIpc) is 3.02. The average molecular weight is 374 g/mol. The number of benzene rings is 1. The second-order valence-electron chi connectivity index (χ2n) is 6.04. The van der Waals surface area contributed by atoms with E-state index in [2.05, 4.69) is 20.7 Å². The Kier molecular flexibility index (Phi) is 8.60. The van der Waals surface area contributed by atoms with E-state index >= 15 is 0 Å². The van der Waals surface area contributed by atoms with Crippen LogP contribution >= 0.6 is 0 Å². The Hall–Kier alpha value is -2.58. The molecule has 0 unspecified atom stereocenters. The van der Waals surface area contributed by atoms with E-state index in [-0.39, 0.29) is 0 Å². The van der Waals surface area contributed by atoms with Crippen LogP contribution in [0, 0.1) is 0 Å². The molecule has 0 bridgehead atoms. The topological polar surface area (TPSA) is 98.7 Å². The van der Waals surface area contributed by atoms with Gasteiger partial charge in [-0.1, -0.05) is 12.1 Å². The van der Waals surface area contributed by atoms with E-state index in [1.165, 1.54) is 5.56 Å². The van der Waals surface area contributed by atoms with Crippen molar-refractivity contribution in [1.29, 1.82) is 0 Å². The quantitative estimate of drug-likeness (QED) is 0.315. The molecule has 0 saturated heterocycles. The minimum absolute atomic E-state index is 0.381. The Morgan fingerprint density at radius 1 is 1.26 bits per heavy atom. The largest absolute Gasteiger partial charge is 0.497 e. The number of aromatic nitrogens is 2. The molecule has 1 aromatic heterocycles. The maximum absolute atomic E-state index is 5.99. The first-order valence-electron chi connectivity index (χ1n) is 9.13. The lowest BCUT2D eigenvalue weighted by molar-refractivity contribution is 0.146. The smallest absolute Gasteiger partial charge is 0.194 e. The first-order chi connectivity index (χ1) is 13.1. The van der Waals surface area contributed by atoms with Crippen molar-refractivity contribution >= 4 is 11.8 Å². The summed E-state index contributed by atoms with van der Waals surface area (Å²) in [5, 5.41) is 10.9. The predicted octanol–water partition coefficient (Wildman–Crippen LogP) is 1.87. The van der Waals surface area contributed by atoms with Crippen molar-refractivity contribution in [2.75, 3.05) is 32.2 Å². The summed E-state index contributed by atoms with van der Waals surface area (Å²) >= 11 is 0. The second-order valence-corrected chi connectivity index (χ2v) is 6.04. The van der Waals surface area contributed by atoms with Crippen LogP contribution in [0.15, 0.2) is 35.5 Å². The van der Waals surface area contributed by atoms with Crippen LogP contribution in [0.4, 0.5) is 5.82 Å². The van der Waals surface area contributed by atoms with Gasteiger partial charge in [-0.05, 0) is 31.0 Å². The highest BCUT2D eigenvalue weighted by atomic mass is 16.5. The maximum Gasteiger partial charge on any atom is 0.194 e. The lowest BCUT2D eigenvalue weighted by atomic mass is 10.2. The van der Waals surface area contributed by atoms with Crippen LogP contribution in [-0.2, 0) is 24.9 Å². The van der Waals surface area contributed by atoms with E-state index in [0.717, 1.165) is 36.7 Å². The van der Waals surface area contributed by atoms with E-state index in [9.17, 15) is 0 Å². The predicted molar refractivity (Wildman–Crippen MR) is 108 cm³/mol. The number of guanidine groups is 1. The summed E-state index contributed by atoms with van der Waals surface area (Å²) < 4.78 is 12.2. The molecule has 0 radical (unpaired) electrons. The Morgan fingerprint density at radius 3 is 2.74 bits per heavy atom. The number of methoxy groups -OCH3 is 1. The van der Waals surface area contributed by atoms with Crippen molar-refractivity contribution in [2.24, 2.45) is 17.8 Å². The van der Waals surface area contributed by atoms with Gasteiger partial charge in [0, 0.05) is 45.5 Å². The van der Waals surface area contributed by atoms with E-state index in [1.54, 1.807) is 11.8 Å². The van der Waals surface area contributed by atoms with Crippen LogP contribution in [0.25, 0.3) is 0 Å². The number of nitrogens with one attached hydrogen (secondary N) is 2. The van der Waals surface area contributed by atoms with Gasteiger partial charge >= 0.3 is 0 Å². The zero-order chi connectivity index (χ0) is 19.5. The molecule has 1 heterocycles. The Morgan fingerprint density at radius 2 is 2.04 bits per heavy atom. The molecule has 0 spiro atoms. The number of nitrogens with zero attached hydrogens (tertiary/aromatic N) is 3. The maximum atomic E-state index is 5.99. The molecule has 0 fully saturated rings. The fourth-order valence-corrected chi connectivity index (χ4v) is 2.53. The fraction of sp³-hybridized carbons (Fsp3) is 0.474. The van der Waals surface area contributed by atoms with Crippen LogP contribution in [0.1, 0.15) is 24.5 Å². The van der Waals surface area contributed by atoms with Gasteiger partial charge in [0.25, 0.3) is 0 Å². The van der Waals surface area contributed by atoms with Crippen molar-refractivity contribution in [3.8, 4) is 5.75 Å². The molecule has 0 saturated carbocycles. The summed E-state index contributed by atoms with van der Waals surface area (Å²) in [7, 11) is 3.54. The second kappa shape index (κ2) is 11.2. The third-order valence-electron chi connectivity index (χ3n) is 4.00. The monoisotopic (exact) mass is 374 g/mol. The molecular weight excluding hydrogens is 344 g/mol. The van der Waals surface area contributed by atoms with E-state index in [1.807, 2.05) is 44.4 Å². The van der Waals surface area contributed by atoms with E-state index < -0.39 is 0 Å². The molecule has 8 nitrogen and oxygen atoms in total. The number of aliphatic imine (C=N–C) groups is 1. The standard InChI is InChI=1S/C19H30N6O2/c1-4-27-11-5-10-22-19(20)24-18-16(14-23-25(18)2)13-21-12-15-6-8-17(26-3)9-7-15/h6-9,14,21H,4-5,10-13H2,1-3H3,(H3,20,22,24). The number of ether oxygens (including phenoxy) is 2. The van der Waals surface area contributed by atoms with E-state index in [4.69, 9.17) is 15.2 Å². The molecule has 0 aliphatic heterocycles. The summed E-state index contributed by atoms with van der Waals surface area (Å²) in [6.45, 7) is 5.44. The molecule has 0 aliphatic rings. The van der Waals surface area contributed by atoms with Gasteiger partial charge in [-0.25, -0.2) is 0 Å². The van der Waals surface area contributed by atoms with Crippen LogP contribution in [0.3, 0.4) is 0 Å². The molecule has 0 aliphatic carbocycles. The van der Waals surface area contributed by atoms with Crippen LogP contribution in [-0.4, -0.2) is 42.6 Å². The summed E-state index contributed by atoms with van der Waals surface area (Å²) in [6.07, 6.45) is 2.67. The molecule has 0 atom stereocenters. The lowest BCUT2D eigenvalue weighted by Gasteiger charge is -2.10. The minimum Gasteiger partial charge on any atom is -0.497 e. The van der Waals surface area contributed by atoms with Crippen molar-refractivity contribution in [2.45, 2.75) is 26.4 Å². The number of hydrogen-bond donors (Lipinski definition) is 3. The highest BCUT2D eigenvalue weighted by Crippen LogP contribution is 2.14. The highest BCUT2D eigenvalue weighted by Gasteiger charge is 2.09. The zero-order valence-corrected chi connectivity index (χ0v) is 16.4. The number of aryl methyl sites for hydroxylation is 1. The van der Waals surface area contributed by atoms with Crippen molar-refractivity contribution in [3.05, 3.63) is 41.6 Å². The van der Waals surface area contributed by atoms with Crippen molar-refractivity contribution in [1.82, 2.24) is 15.1 Å². The fourth-order valence-electron chi connectivity index (χ4n) is 2.53. The van der Waals surface area contributed by atoms with Gasteiger partial charge in [-0.15, -0.1) is 0 Å². The van der Waals surface area contributed by atoms with Gasteiger partial charge in [0.1, 0.15) is 11.6 Å². The normalized spacial score (nSPS) is 11.6. The first-order valence-corrected chi connectivity index (χ1v) is 9.13. The molecule has 0 amide bonds. The highest BCUT2D eigenvalue weighted by molar-refractivity contribution is 5.92. The summed E-state index contributed by atoms with van der Waals surface area (Å²) in [5.41, 5.74) is 8.20. The van der Waals surface area contributed by atoms with Gasteiger partial charge in [0.2, 0.25) is 0 Å². The number of rotatable bonds is 11. The van der Waals surface area contributed by atoms with Gasteiger partial charge < -0.3 is 25.8 Å². The van der Waals surface area contributed by atoms with Crippen molar-refractivity contribution < 1.29 is 9.47 Å². The van der Waals surface area contributed by atoms with Crippen molar-refractivity contribution in [3.63, 3.8) is 0 Å². The first kappa shape index (κ1) is 20.7. The molecule has 4 N–H and O–H groups in total. The molecular formula is C19H30N6O2. The third-order valence-corrected chi connectivity index (χ3v) is 4.00. The number of nitrogens with two attached hydrogens (primary N) is 1. The Balaban J connectivity index is 1.84. The van der Waals surface area contributed by atoms with E-state index in [0.29, 0.717) is 25.7 Å². The van der Waals surface area contributed by atoms with Crippen LogP contribution in [0.5, 0.6) is 5.75 Å². The Bertz CT molecular complexity index is 711. The minimum atomic E-state index is 0.381. The molecule has 8 heteroatoms. The molecule has 2 aromatic rings. The lowest BCUT2D eigenvalue weighted by Crippen LogP contribution is -2.25. The SMILES string of the molecule is CCOCCCN=C(N)Nc1c(CNCc2ccc(OC)cc2)cnn1C.